The molecule has 2 aliphatic carbocycles. The second-order valence-electron chi connectivity index (χ2n) is 11.8. The molecule has 7 N–H and O–H groups in total. The zero-order chi connectivity index (χ0) is 35.8. The molecule has 0 bridgehead atoms. The molecule has 0 aliphatic heterocycles. The monoisotopic (exact) mass is 668 g/mol. The Morgan fingerprint density at radius 2 is 1.61 bits per heavy atom. The Morgan fingerprint density at radius 3 is 2.09 bits per heavy atom. The molecular formula is C36H69N5O4S. The summed E-state index contributed by atoms with van der Waals surface area (Å²) in [5.41, 5.74) is 15.4. The summed E-state index contributed by atoms with van der Waals surface area (Å²) in [7, 11) is 1.50. The third kappa shape index (κ3) is 23.0. The molecule has 0 radical (unpaired) electrons. The molecule has 0 aromatic carbocycles. The number of thiazole rings is 1. The minimum absolute atomic E-state index is 0.236. The Bertz CT molecular complexity index is 874. The van der Waals surface area contributed by atoms with Crippen LogP contribution in [0.25, 0.3) is 6.08 Å². The van der Waals surface area contributed by atoms with Crippen LogP contribution in [0.4, 0.5) is 0 Å². The number of aliphatic hydroxyl groups is 1. The lowest BCUT2D eigenvalue weighted by atomic mass is 9.75. The molecule has 1 aromatic rings. The van der Waals surface area contributed by atoms with Crippen molar-refractivity contribution in [3.05, 3.63) is 33.8 Å². The van der Waals surface area contributed by atoms with Gasteiger partial charge in [-0.1, -0.05) is 97.8 Å². The van der Waals surface area contributed by atoms with Gasteiger partial charge in [-0.25, -0.2) is 4.98 Å². The Morgan fingerprint density at radius 1 is 1.04 bits per heavy atom. The van der Waals surface area contributed by atoms with Crippen LogP contribution in [0.15, 0.2) is 18.2 Å². The second-order valence-corrected chi connectivity index (χ2v) is 13.0. The van der Waals surface area contributed by atoms with Crippen LogP contribution in [0.5, 0.6) is 0 Å². The lowest BCUT2D eigenvalue weighted by molar-refractivity contribution is -0.107. The first kappa shape index (κ1) is 48.0. The van der Waals surface area contributed by atoms with E-state index >= 15 is 0 Å². The Labute approximate surface area is 285 Å². The van der Waals surface area contributed by atoms with Gasteiger partial charge >= 0.3 is 0 Å². The molecule has 0 saturated heterocycles. The maximum atomic E-state index is 9.41. The molecule has 1 heterocycles. The minimum atomic E-state index is 0.236. The van der Waals surface area contributed by atoms with Gasteiger partial charge < -0.3 is 27.1 Å². The van der Waals surface area contributed by atoms with Gasteiger partial charge in [0.05, 0.1) is 17.3 Å². The van der Waals surface area contributed by atoms with E-state index in [4.69, 9.17) is 19.4 Å². The van der Waals surface area contributed by atoms with E-state index in [9.17, 15) is 5.11 Å². The first-order chi connectivity index (χ1) is 22.2. The van der Waals surface area contributed by atoms with Gasteiger partial charge in [0.2, 0.25) is 12.8 Å². The molecule has 2 amide bonds. The van der Waals surface area contributed by atoms with Crippen LogP contribution in [-0.4, -0.2) is 67.9 Å². The maximum Gasteiger partial charge on any atom is 0.204 e. The second kappa shape index (κ2) is 33.9. The van der Waals surface area contributed by atoms with Gasteiger partial charge in [-0.3, -0.25) is 14.5 Å². The summed E-state index contributed by atoms with van der Waals surface area (Å²) >= 11 is 1.97. The molecule has 9 nitrogen and oxygen atoms in total. The van der Waals surface area contributed by atoms with Gasteiger partial charge in [0.1, 0.15) is 6.79 Å². The zero-order valence-electron chi connectivity index (χ0n) is 30.1. The molecular weight excluding hydrogens is 598 g/mol. The Balaban J connectivity index is -0.00000113. The van der Waals surface area contributed by atoms with E-state index in [2.05, 4.69) is 75.5 Å². The van der Waals surface area contributed by atoms with Crippen molar-refractivity contribution in [1.82, 2.24) is 9.88 Å². The SMILES string of the molecule is C=C(CC(CCc1nc2c(s1)CC(C(C)C)C=C2)C1CCCCC1)CN(CCC)CCO.C=O.CCCC.CN.NC=O.NC=O. The fourth-order valence-electron chi connectivity index (χ4n) is 5.65. The number of unbranched alkanes of at least 4 members (excludes halogenated alkanes) is 1. The number of nitrogens with two attached hydrogens (primary N) is 3. The lowest BCUT2D eigenvalue weighted by Gasteiger charge is -2.32. The van der Waals surface area contributed by atoms with Gasteiger partial charge in [-0.15, -0.1) is 11.3 Å². The highest BCUT2D eigenvalue weighted by Gasteiger charge is 2.26. The molecule has 0 spiro atoms. The normalized spacial score (nSPS) is 15.4. The molecule has 1 saturated carbocycles. The number of allylic oxidation sites excluding steroid dienone is 1. The fourth-order valence-corrected chi connectivity index (χ4v) is 6.79. The number of amides is 2. The number of aryl methyl sites for hydroxylation is 1. The molecule has 1 aromatic heterocycles. The van der Waals surface area contributed by atoms with Crippen molar-refractivity contribution in [2.45, 2.75) is 112 Å². The Hall–Kier alpha value is -2.40. The molecule has 10 heteroatoms. The maximum absolute atomic E-state index is 9.41. The van der Waals surface area contributed by atoms with Gasteiger partial charge in [0, 0.05) is 18.0 Å². The number of hydrogen-bond acceptors (Lipinski definition) is 8. The molecule has 1 fully saturated rings. The number of carbonyl (C=O) groups excluding carboxylic acids is 3. The Kier molecular flexibility index (Phi) is 35.4. The smallest absolute Gasteiger partial charge is 0.204 e. The fraction of sp³-hybridized carbons (Fsp3) is 0.722. The average Bonchev–Trinajstić information content (AvgIpc) is 3.49. The van der Waals surface area contributed by atoms with Crippen molar-refractivity contribution in [2.24, 2.45) is 40.9 Å². The van der Waals surface area contributed by atoms with Crippen molar-refractivity contribution in [2.75, 3.05) is 33.3 Å². The summed E-state index contributed by atoms with van der Waals surface area (Å²) in [6.07, 6.45) is 20.5. The lowest BCUT2D eigenvalue weighted by Crippen LogP contribution is -2.30. The summed E-state index contributed by atoms with van der Waals surface area (Å²) in [5, 5.41) is 10.7. The standard InChI is InChI=1S/C28H46N2OS.C4H10.2CH3NO.CH5N.CH2O/c1-5-15-30(16-17-31)20-22(4)18-25(23-9-7-6-8-10-23)12-14-28-29-26-13-11-24(21(2)3)19-27(26)32-28;1-3-4-2;2*2-1-3;2*1-2/h11,13,21,23-25,31H,4-10,12,14-20H2,1-3H3;3-4H2,1-2H3;2*1H,(H2,2,3);2H2,1H3;1H2. The van der Waals surface area contributed by atoms with Crippen LogP contribution in [-0.2, 0) is 27.2 Å². The zero-order valence-corrected chi connectivity index (χ0v) is 30.9. The highest BCUT2D eigenvalue weighted by Crippen LogP contribution is 2.37. The topological polar surface area (TPSA) is 166 Å². The largest absolute Gasteiger partial charge is 0.395 e. The number of hydrogen-bond donors (Lipinski definition) is 4. The van der Waals surface area contributed by atoms with Crippen LogP contribution < -0.4 is 17.2 Å². The quantitative estimate of drug-likeness (QED) is 0.136. The van der Waals surface area contributed by atoms with Gasteiger partial charge in [0.15, 0.2) is 0 Å². The van der Waals surface area contributed by atoms with Crippen LogP contribution in [0.3, 0.4) is 0 Å². The van der Waals surface area contributed by atoms with E-state index in [1.54, 1.807) is 0 Å². The van der Waals surface area contributed by atoms with Crippen LogP contribution in [0.2, 0.25) is 0 Å². The number of primary amides is 2. The number of fused-ring (bicyclic) bond motifs is 1. The molecule has 2 unspecified atom stereocenters. The van der Waals surface area contributed by atoms with Gasteiger partial charge in [-0.05, 0) is 75.4 Å². The third-order valence-corrected chi connectivity index (χ3v) is 9.20. The number of aliphatic hydroxyl groups excluding tert-OH is 1. The van der Waals surface area contributed by atoms with Crippen molar-refractivity contribution in [3.63, 3.8) is 0 Å². The molecule has 268 valence electrons. The van der Waals surface area contributed by atoms with Crippen molar-refractivity contribution >= 4 is 37.0 Å². The van der Waals surface area contributed by atoms with Crippen molar-refractivity contribution in [1.29, 1.82) is 0 Å². The van der Waals surface area contributed by atoms with Gasteiger partial charge in [-0.2, -0.15) is 0 Å². The molecule has 2 atom stereocenters. The molecule has 46 heavy (non-hydrogen) atoms. The number of aromatic nitrogens is 1. The van der Waals surface area contributed by atoms with E-state index < -0.39 is 0 Å². The van der Waals surface area contributed by atoms with Crippen LogP contribution >= 0.6 is 11.3 Å². The number of carbonyl (C=O) groups is 3. The molecule has 3 rings (SSSR count). The van der Waals surface area contributed by atoms with E-state index in [0.717, 1.165) is 50.7 Å². The number of nitrogens with zero attached hydrogens (tertiary/aromatic N) is 2. The van der Waals surface area contributed by atoms with E-state index in [0.29, 0.717) is 11.8 Å². The summed E-state index contributed by atoms with van der Waals surface area (Å²) in [6, 6.07) is 0. The number of rotatable bonds is 14. The predicted molar refractivity (Wildman–Crippen MR) is 197 cm³/mol. The first-order valence-corrected chi connectivity index (χ1v) is 17.9. The minimum Gasteiger partial charge on any atom is -0.395 e. The molecule has 2 aliphatic rings. The summed E-state index contributed by atoms with van der Waals surface area (Å²) in [4.78, 5) is 34.0. The van der Waals surface area contributed by atoms with E-state index in [-0.39, 0.29) is 19.4 Å². The highest BCUT2D eigenvalue weighted by molar-refractivity contribution is 7.11. The van der Waals surface area contributed by atoms with Crippen LogP contribution in [0.1, 0.15) is 114 Å². The third-order valence-electron chi connectivity index (χ3n) is 8.05. The summed E-state index contributed by atoms with van der Waals surface area (Å²) in [6.45, 7) is 20.7. The van der Waals surface area contributed by atoms with E-state index in [1.165, 1.54) is 86.0 Å². The van der Waals surface area contributed by atoms with Crippen molar-refractivity contribution < 1.29 is 19.5 Å². The van der Waals surface area contributed by atoms with Crippen LogP contribution in [0, 0.1) is 23.7 Å². The summed E-state index contributed by atoms with van der Waals surface area (Å²) in [5.74, 6) is 2.93. The predicted octanol–water partition coefficient (Wildman–Crippen LogP) is 6.16. The van der Waals surface area contributed by atoms with E-state index in [1.807, 2.05) is 18.1 Å². The average molecular weight is 668 g/mol. The first-order valence-electron chi connectivity index (χ1n) is 17.1. The van der Waals surface area contributed by atoms with Gasteiger partial charge in [0.25, 0.3) is 0 Å². The highest BCUT2D eigenvalue weighted by atomic mass is 32.1. The van der Waals surface area contributed by atoms with Crippen molar-refractivity contribution in [3.8, 4) is 0 Å². The summed E-state index contributed by atoms with van der Waals surface area (Å²) < 4.78 is 0.